The Morgan fingerprint density at radius 2 is 1.17 bits per heavy atom. The molecule has 0 spiro atoms. The summed E-state index contributed by atoms with van der Waals surface area (Å²) in [4.78, 5) is 51.9. The van der Waals surface area contributed by atoms with Gasteiger partial charge < -0.3 is 20.4 Å². The number of thiazole rings is 2. The second kappa shape index (κ2) is 20.4. The molecule has 0 bridgehead atoms. The minimum atomic E-state index is -0.400. The lowest BCUT2D eigenvalue weighted by Gasteiger charge is -2.30. The average Bonchev–Trinajstić information content (AvgIpc) is 4.10. The number of piperidine rings is 2. The molecule has 2 aliphatic heterocycles. The normalized spacial score (nSPS) is 13.9. The molecule has 20 heteroatoms. The number of rotatable bonds is 11. The fourth-order valence-electron chi connectivity index (χ4n) is 6.63. The van der Waals surface area contributed by atoms with Crippen molar-refractivity contribution in [1.29, 1.82) is 0 Å². The van der Waals surface area contributed by atoms with Gasteiger partial charge in [-0.25, -0.2) is 19.6 Å². The molecule has 2 aromatic carbocycles. The molecule has 8 rings (SSSR count). The first-order chi connectivity index (χ1) is 28.8. The van der Waals surface area contributed by atoms with E-state index in [2.05, 4.69) is 85.8 Å². The Hall–Kier alpha value is -5.57. The van der Waals surface area contributed by atoms with Gasteiger partial charge in [-0.1, -0.05) is 34.8 Å². The molecular weight excluding hydrogens is 827 g/mol. The van der Waals surface area contributed by atoms with E-state index in [-0.39, 0.29) is 11.9 Å². The van der Waals surface area contributed by atoms with Crippen molar-refractivity contribution in [1.82, 2.24) is 30.4 Å². The molecule has 5 amide bonds. The van der Waals surface area contributed by atoms with Crippen LogP contribution in [-0.2, 0) is 12.8 Å². The Kier molecular flexibility index (Phi) is 14.4. The molecule has 59 heavy (non-hydrogen) atoms. The van der Waals surface area contributed by atoms with Gasteiger partial charge in [-0.05, 0) is 94.2 Å². The van der Waals surface area contributed by atoms with Gasteiger partial charge >= 0.3 is 12.1 Å². The molecule has 4 aromatic heterocycles. The number of nitrogens with zero attached hydrogens (tertiary/aromatic N) is 8. The van der Waals surface area contributed by atoms with Gasteiger partial charge in [0.2, 0.25) is 5.13 Å². The van der Waals surface area contributed by atoms with E-state index in [1.807, 2.05) is 37.4 Å². The summed E-state index contributed by atoms with van der Waals surface area (Å²) >= 11 is 5.36. The van der Waals surface area contributed by atoms with Crippen LogP contribution in [0.15, 0.2) is 59.8 Å². The third-order valence-electron chi connectivity index (χ3n) is 9.49. The Morgan fingerprint density at radius 1 is 0.610 bits per heavy atom. The van der Waals surface area contributed by atoms with Crippen molar-refractivity contribution in [2.45, 2.75) is 65.2 Å². The molecule has 0 radical (unpaired) electrons. The molecule has 0 atom stereocenters. The van der Waals surface area contributed by atoms with Crippen LogP contribution in [0.2, 0.25) is 0 Å². The van der Waals surface area contributed by atoms with Crippen LogP contribution in [0.5, 0.6) is 0 Å². The molecule has 6 aromatic rings. The molecule has 2 saturated heterocycles. The number of hydrogen-bond acceptors (Lipinski definition) is 15. The highest BCUT2D eigenvalue weighted by Gasteiger charge is 2.19. The van der Waals surface area contributed by atoms with E-state index in [1.54, 1.807) is 16.8 Å². The van der Waals surface area contributed by atoms with Crippen LogP contribution in [0.3, 0.4) is 0 Å². The topological polar surface area (TPSA) is 195 Å². The average molecular weight is 872 g/mol. The summed E-state index contributed by atoms with van der Waals surface area (Å²) in [6, 6.07) is 11.5. The molecular formula is C39H45N13O3S4. The van der Waals surface area contributed by atoms with E-state index in [0.717, 1.165) is 101 Å². The van der Waals surface area contributed by atoms with E-state index < -0.39 is 6.03 Å². The molecule has 5 N–H and O–H groups in total. The van der Waals surface area contributed by atoms with Crippen molar-refractivity contribution in [3.8, 4) is 0 Å². The summed E-state index contributed by atoms with van der Waals surface area (Å²) in [5, 5.41) is 31.8. The fraction of sp³-hybridized carbons (Fsp3) is 0.359. The fourth-order valence-corrected chi connectivity index (χ4v) is 9.11. The highest BCUT2D eigenvalue weighted by molar-refractivity contribution is 7.18. The van der Waals surface area contributed by atoms with Crippen LogP contribution in [-0.4, -0.2) is 74.5 Å². The number of benzene rings is 2. The monoisotopic (exact) mass is 871 g/mol. The number of aryl methyl sites for hydroxylation is 4. The van der Waals surface area contributed by atoms with Crippen molar-refractivity contribution < 1.29 is 14.4 Å². The first-order valence-corrected chi connectivity index (χ1v) is 22.8. The zero-order chi connectivity index (χ0) is 41.0. The zero-order valence-electron chi connectivity index (χ0n) is 32.7. The van der Waals surface area contributed by atoms with Crippen LogP contribution < -0.4 is 36.4 Å². The lowest BCUT2D eigenvalue weighted by molar-refractivity contribution is 0.103. The van der Waals surface area contributed by atoms with E-state index in [9.17, 15) is 14.4 Å². The molecule has 0 unspecified atom stereocenters. The molecule has 16 nitrogen and oxygen atoms in total. The predicted molar refractivity (Wildman–Crippen MR) is 239 cm³/mol. The summed E-state index contributed by atoms with van der Waals surface area (Å²) in [5.74, 6) is -0.344. The number of carbonyl (C=O) groups excluding carboxylic acids is 3. The first-order valence-electron chi connectivity index (χ1n) is 19.4. The van der Waals surface area contributed by atoms with Gasteiger partial charge in [-0.15, -0.1) is 43.1 Å². The minimum Gasteiger partial charge on any atom is -0.370 e. The largest absolute Gasteiger partial charge is 0.370 e. The number of aromatic nitrogens is 6. The van der Waals surface area contributed by atoms with E-state index >= 15 is 0 Å². The van der Waals surface area contributed by atoms with Crippen LogP contribution >= 0.6 is 45.3 Å². The quantitative estimate of drug-likeness (QED) is 0.0834. The van der Waals surface area contributed by atoms with Crippen LogP contribution in [0.25, 0.3) is 0 Å². The zero-order valence-corrected chi connectivity index (χ0v) is 36.0. The molecule has 0 aliphatic carbocycles. The lowest BCUT2D eigenvalue weighted by Crippen LogP contribution is -2.31. The third kappa shape index (κ3) is 12.0. The molecule has 2 fully saturated rings. The van der Waals surface area contributed by atoms with Gasteiger partial charge in [-0.2, -0.15) is 0 Å². The number of anilines is 7. The highest BCUT2D eigenvalue weighted by Crippen LogP contribution is 2.32. The van der Waals surface area contributed by atoms with Crippen LogP contribution in [0, 0.1) is 13.8 Å². The summed E-state index contributed by atoms with van der Waals surface area (Å²) in [6.45, 7) is 8.16. The minimum absolute atomic E-state index is 0.267. The number of carbonyl (C=O) groups is 3. The molecule has 308 valence electrons. The summed E-state index contributed by atoms with van der Waals surface area (Å²) in [6.07, 6.45) is 12.1. The summed E-state index contributed by atoms with van der Waals surface area (Å²) < 4.78 is 0. The molecule has 0 saturated carbocycles. The number of nitrogens with one attached hydrogen (secondary N) is 5. The number of hydrogen-bond donors (Lipinski definition) is 5. The molecule has 2 aliphatic rings. The highest BCUT2D eigenvalue weighted by atomic mass is 32.1. The second-order valence-corrected chi connectivity index (χ2v) is 17.9. The van der Waals surface area contributed by atoms with Crippen molar-refractivity contribution in [2.24, 2.45) is 0 Å². The van der Waals surface area contributed by atoms with E-state index in [4.69, 9.17) is 0 Å². The van der Waals surface area contributed by atoms with Crippen molar-refractivity contribution in [3.63, 3.8) is 0 Å². The van der Waals surface area contributed by atoms with Gasteiger partial charge in [0.1, 0.15) is 20.9 Å². The first kappa shape index (κ1) is 41.6. The smallest absolute Gasteiger partial charge is 0.325 e. The maximum Gasteiger partial charge on any atom is 0.325 e. The standard InChI is InChI=1S/C20H24N6OS2.C19H21N7O2S2/c1-14-5-7-16(17(11-14)26-9-3-2-4-10-26)23-19(27)24-20-21-12-15(29-20)6-8-18-25-22-13-28-18;1-12-5-6-13(14(9-12)26-7-3-2-4-8-26)22-17(28)24-18-20-10-15(30-18)16(27)23-19-25-21-11-29-19/h5,7,11-13H,2-4,6,8-10H2,1H3,(H2,21,23,24,27);5-6,9-11H,2-4,7-8H2,1H3,(H,23,25,27)(H2,20,22,24,28). The predicted octanol–water partition coefficient (Wildman–Crippen LogP) is 8.91. The number of urea groups is 2. The summed E-state index contributed by atoms with van der Waals surface area (Å²) in [5.41, 5.74) is 9.32. The van der Waals surface area contributed by atoms with Crippen molar-refractivity contribution in [3.05, 3.63) is 85.7 Å². The van der Waals surface area contributed by atoms with Crippen molar-refractivity contribution >= 4 is 101 Å². The Labute approximate surface area is 357 Å². The number of amides is 5. The van der Waals surface area contributed by atoms with Gasteiger partial charge in [0.25, 0.3) is 5.91 Å². The Balaban J connectivity index is 0.000000179. The van der Waals surface area contributed by atoms with Gasteiger partial charge in [0, 0.05) is 43.7 Å². The van der Waals surface area contributed by atoms with Crippen LogP contribution in [0.4, 0.5) is 47.7 Å². The molecule has 6 heterocycles. The lowest BCUT2D eigenvalue weighted by atomic mass is 10.1. The van der Waals surface area contributed by atoms with Crippen molar-refractivity contribution in [2.75, 3.05) is 62.6 Å². The van der Waals surface area contributed by atoms with Gasteiger partial charge in [0.05, 0.1) is 28.9 Å². The summed E-state index contributed by atoms with van der Waals surface area (Å²) in [7, 11) is 0. The van der Waals surface area contributed by atoms with Gasteiger partial charge in [-0.3, -0.25) is 20.7 Å². The van der Waals surface area contributed by atoms with E-state index in [0.29, 0.717) is 20.3 Å². The second-order valence-electron chi connectivity index (χ2n) is 14.0. The van der Waals surface area contributed by atoms with E-state index in [1.165, 1.54) is 65.6 Å². The van der Waals surface area contributed by atoms with Crippen LogP contribution in [0.1, 0.15) is 69.2 Å². The maximum absolute atomic E-state index is 12.6. The SMILES string of the molecule is Cc1ccc(NC(=O)Nc2ncc(C(=O)Nc3nncs3)s2)c(N2CCCCC2)c1.Cc1ccc(NC(=O)Nc2ncc(CCc3nncs3)s2)c(N2CCCCC2)c1. The third-order valence-corrected chi connectivity index (χ3v) is 12.7. The van der Waals surface area contributed by atoms with Gasteiger partial charge in [0.15, 0.2) is 10.3 Å². The Morgan fingerprint density at radius 3 is 1.73 bits per heavy atom. The Bertz CT molecular complexity index is 2300. The maximum atomic E-state index is 12.6.